The number of hydrogen-bond donors (Lipinski definition) is 0. The number of aryl methyl sites for hydroxylation is 1. The average molecular weight is 321 g/mol. The summed E-state index contributed by atoms with van der Waals surface area (Å²) in [5.74, 6) is 2.29. The van der Waals surface area contributed by atoms with E-state index in [0.29, 0.717) is 17.6 Å². The average Bonchev–Trinajstić information content (AvgIpc) is 3.01. The van der Waals surface area contributed by atoms with Gasteiger partial charge in [0.05, 0.1) is 0 Å². The number of carbonyl (C=O) groups excluding carboxylic acids is 1. The van der Waals surface area contributed by atoms with E-state index in [2.05, 4.69) is 24.0 Å². The first-order valence-corrected chi connectivity index (χ1v) is 9.24. The monoisotopic (exact) mass is 321 g/mol. The van der Waals surface area contributed by atoms with E-state index in [1.54, 1.807) is 0 Å². The first kappa shape index (κ1) is 18.0. The molecule has 0 bridgehead atoms. The topological polar surface area (TPSA) is 59.2 Å². The Morgan fingerprint density at radius 1 is 1.26 bits per heavy atom. The fourth-order valence-corrected chi connectivity index (χ4v) is 3.40. The lowest BCUT2D eigenvalue weighted by atomic mass is 9.93. The molecule has 2 heterocycles. The first-order chi connectivity index (χ1) is 11.2. The maximum Gasteiger partial charge on any atom is 0.229 e. The van der Waals surface area contributed by atoms with E-state index in [1.165, 1.54) is 25.7 Å². The summed E-state index contributed by atoms with van der Waals surface area (Å²) in [5.41, 5.74) is 0. The van der Waals surface area contributed by atoms with Crippen molar-refractivity contribution in [1.29, 1.82) is 0 Å². The Kier molecular flexibility index (Phi) is 7.06. The maximum absolute atomic E-state index is 12.7. The van der Waals surface area contributed by atoms with Gasteiger partial charge >= 0.3 is 0 Å². The Morgan fingerprint density at radius 2 is 2.00 bits per heavy atom. The highest BCUT2D eigenvalue weighted by atomic mass is 16.5. The van der Waals surface area contributed by atoms with Gasteiger partial charge in [-0.05, 0) is 32.6 Å². The summed E-state index contributed by atoms with van der Waals surface area (Å²) in [5, 5.41) is 3.87. The van der Waals surface area contributed by atoms with Gasteiger partial charge in [-0.15, -0.1) is 0 Å². The van der Waals surface area contributed by atoms with Gasteiger partial charge in [0.25, 0.3) is 0 Å². The van der Waals surface area contributed by atoms with E-state index in [4.69, 9.17) is 4.52 Å². The number of hydrogen-bond acceptors (Lipinski definition) is 4. The van der Waals surface area contributed by atoms with Crippen LogP contribution in [0.1, 0.15) is 82.8 Å². The fourth-order valence-electron chi connectivity index (χ4n) is 3.40. The second-order valence-corrected chi connectivity index (χ2v) is 6.73. The van der Waals surface area contributed by atoms with Crippen molar-refractivity contribution >= 4 is 5.91 Å². The molecule has 1 aliphatic heterocycles. The van der Waals surface area contributed by atoms with Crippen molar-refractivity contribution in [1.82, 2.24) is 15.0 Å². The van der Waals surface area contributed by atoms with Crippen LogP contribution >= 0.6 is 0 Å². The van der Waals surface area contributed by atoms with Crippen molar-refractivity contribution in [2.75, 3.05) is 13.1 Å². The van der Waals surface area contributed by atoms with Gasteiger partial charge in [0, 0.05) is 24.9 Å². The van der Waals surface area contributed by atoms with Crippen LogP contribution in [-0.4, -0.2) is 34.0 Å². The molecule has 0 aliphatic carbocycles. The van der Waals surface area contributed by atoms with E-state index in [0.717, 1.165) is 44.7 Å². The highest BCUT2D eigenvalue weighted by Gasteiger charge is 2.29. The van der Waals surface area contributed by atoms with Crippen LogP contribution < -0.4 is 0 Å². The molecule has 0 radical (unpaired) electrons. The number of carbonyl (C=O) groups is 1. The number of aromatic nitrogens is 2. The fraction of sp³-hybridized carbons (Fsp3) is 0.833. The van der Waals surface area contributed by atoms with E-state index in [1.807, 2.05) is 11.8 Å². The van der Waals surface area contributed by atoms with Crippen molar-refractivity contribution in [2.45, 2.75) is 78.1 Å². The number of likely N-dealkylation sites (tertiary alicyclic amines) is 1. The van der Waals surface area contributed by atoms with Crippen LogP contribution in [0.4, 0.5) is 0 Å². The minimum atomic E-state index is 0.203. The molecule has 130 valence electrons. The molecule has 1 amide bonds. The third-order valence-electron chi connectivity index (χ3n) is 4.95. The molecule has 0 N–H and O–H groups in total. The Hall–Kier alpha value is -1.39. The normalized spacial score (nSPS) is 17.4. The van der Waals surface area contributed by atoms with Crippen LogP contribution in [-0.2, 0) is 4.79 Å². The number of unbranched alkanes of at least 4 members (excludes halogenated alkanes) is 3. The predicted molar refractivity (Wildman–Crippen MR) is 90.1 cm³/mol. The van der Waals surface area contributed by atoms with Gasteiger partial charge in [-0.1, -0.05) is 44.7 Å². The summed E-state index contributed by atoms with van der Waals surface area (Å²) in [7, 11) is 0. The molecular weight excluding hydrogens is 290 g/mol. The third kappa shape index (κ3) is 5.05. The molecule has 5 nitrogen and oxygen atoms in total. The summed E-state index contributed by atoms with van der Waals surface area (Å²) in [6.45, 7) is 7.83. The smallest absolute Gasteiger partial charge is 0.229 e. The zero-order chi connectivity index (χ0) is 16.7. The second-order valence-electron chi connectivity index (χ2n) is 6.73. The third-order valence-corrected chi connectivity index (χ3v) is 4.95. The van der Waals surface area contributed by atoms with E-state index in [9.17, 15) is 4.79 Å². The molecule has 1 fully saturated rings. The molecular formula is C18H31N3O2. The standard InChI is InChI=1S/C18H31N3O2/c1-4-6-7-8-9-15(5-2)18(22)21-12-10-16(11-13-21)17-19-14(3)20-23-17/h15-16H,4-13H2,1-3H3/t15-/m1/s1. The number of piperidine rings is 1. The largest absolute Gasteiger partial charge is 0.342 e. The van der Waals surface area contributed by atoms with Gasteiger partial charge in [0.2, 0.25) is 11.8 Å². The van der Waals surface area contributed by atoms with Gasteiger partial charge in [0.15, 0.2) is 5.82 Å². The van der Waals surface area contributed by atoms with Gasteiger partial charge in [-0.2, -0.15) is 4.98 Å². The van der Waals surface area contributed by atoms with Gasteiger partial charge in [-0.3, -0.25) is 4.79 Å². The predicted octanol–water partition coefficient (Wildman–Crippen LogP) is 4.08. The summed E-state index contributed by atoms with van der Waals surface area (Å²) in [6, 6.07) is 0. The molecule has 0 spiro atoms. The van der Waals surface area contributed by atoms with E-state index in [-0.39, 0.29) is 5.92 Å². The summed E-state index contributed by atoms with van der Waals surface area (Å²) in [4.78, 5) is 19.1. The highest BCUT2D eigenvalue weighted by molar-refractivity contribution is 5.78. The molecule has 23 heavy (non-hydrogen) atoms. The molecule has 5 heteroatoms. The van der Waals surface area contributed by atoms with Crippen molar-refractivity contribution in [3.8, 4) is 0 Å². The Labute approximate surface area is 139 Å². The zero-order valence-corrected chi connectivity index (χ0v) is 14.9. The van der Waals surface area contributed by atoms with Crippen molar-refractivity contribution in [3.05, 3.63) is 11.7 Å². The Balaban J connectivity index is 1.79. The van der Waals surface area contributed by atoms with Crippen LogP contribution in [0.3, 0.4) is 0 Å². The molecule has 1 aliphatic rings. The maximum atomic E-state index is 12.7. The minimum Gasteiger partial charge on any atom is -0.342 e. The van der Waals surface area contributed by atoms with Crippen LogP contribution in [0.25, 0.3) is 0 Å². The van der Waals surface area contributed by atoms with Crippen molar-refractivity contribution in [3.63, 3.8) is 0 Å². The lowest BCUT2D eigenvalue weighted by Crippen LogP contribution is -2.41. The Morgan fingerprint density at radius 3 is 2.57 bits per heavy atom. The van der Waals surface area contributed by atoms with Crippen LogP contribution in [0.2, 0.25) is 0 Å². The van der Waals surface area contributed by atoms with Gasteiger partial charge in [0.1, 0.15) is 0 Å². The second kappa shape index (κ2) is 9.04. The molecule has 0 saturated carbocycles. The molecule has 1 saturated heterocycles. The van der Waals surface area contributed by atoms with E-state index < -0.39 is 0 Å². The summed E-state index contributed by atoms with van der Waals surface area (Å²) >= 11 is 0. The van der Waals surface area contributed by atoms with E-state index >= 15 is 0 Å². The number of nitrogens with zero attached hydrogens (tertiary/aromatic N) is 3. The molecule has 0 unspecified atom stereocenters. The molecule has 2 rings (SSSR count). The Bertz CT molecular complexity index is 478. The highest BCUT2D eigenvalue weighted by Crippen LogP contribution is 2.28. The lowest BCUT2D eigenvalue weighted by molar-refractivity contribution is -0.137. The van der Waals surface area contributed by atoms with Crippen LogP contribution in [0.15, 0.2) is 4.52 Å². The molecule has 1 aromatic rings. The number of rotatable bonds is 8. The minimum absolute atomic E-state index is 0.203. The molecule has 1 atom stereocenters. The van der Waals surface area contributed by atoms with Crippen LogP contribution in [0.5, 0.6) is 0 Å². The summed E-state index contributed by atoms with van der Waals surface area (Å²) in [6.07, 6.45) is 8.80. The molecule has 1 aromatic heterocycles. The van der Waals surface area contributed by atoms with Gasteiger partial charge < -0.3 is 9.42 Å². The van der Waals surface area contributed by atoms with Crippen molar-refractivity contribution in [2.24, 2.45) is 5.92 Å². The SMILES string of the molecule is CCCCCC[C@@H](CC)C(=O)N1CCC(c2nc(C)no2)CC1. The van der Waals surface area contributed by atoms with Gasteiger partial charge in [-0.25, -0.2) is 0 Å². The first-order valence-electron chi connectivity index (χ1n) is 9.24. The summed E-state index contributed by atoms with van der Waals surface area (Å²) < 4.78 is 5.28. The zero-order valence-electron chi connectivity index (χ0n) is 14.9. The quantitative estimate of drug-likeness (QED) is 0.677. The molecule has 0 aromatic carbocycles. The van der Waals surface area contributed by atoms with Crippen LogP contribution in [0, 0.1) is 12.8 Å². The lowest BCUT2D eigenvalue weighted by Gasteiger charge is -2.33. The van der Waals surface area contributed by atoms with Crippen molar-refractivity contribution < 1.29 is 9.32 Å². The number of amides is 1.